The Morgan fingerprint density at radius 2 is 2.20 bits per heavy atom. The minimum atomic E-state index is 1.02. The maximum Gasteiger partial charge on any atom is 0.148 e. The second-order valence-electron chi connectivity index (χ2n) is 4.77. The molecule has 98 valence electrons. The van der Waals surface area contributed by atoms with Gasteiger partial charge in [0.05, 0.1) is 5.52 Å². The molecule has 0 spiro atoms. The van der Waals surface area contributed by atoms with Crippen molar-refractivity contribution in [1.29, 1.82) is 0 Å². The SMILES string of the molecule is C1=CN2CCSN=C2C(c2ccc3ncccc3c2)=C1. The predicted molar refractivity (Wildman–Crippen MR) is 85.5 cm³/mol. The summed E-state index contributed by atoms with van der Waals surface area (Å²) in [5.41, 5.74) is 3.41. The molecule has 3 heterocycles. The second kappa shape index (κ2) is 4.80. The van der Waals surface area contributed by atoms with Gasteiger partial charge in [0.25, 0.3) is 0 Å². The van der Waals surface area contributed by atoms with Gasteiger partial charge >= 0.3 is 0 Å². The van der Waals surface area contributed by atoms with Crippen LogP contribution in [0.5, 0.6) is 0 Å². The Labute approximate surface area is 121 Å². The van der Waals surface area contributed by atoms with Gasteiger partial charge in [0.2, 0.25) is 0 Å². The maximum absolute atomic E-state index is 4.61. The van der Waals surface area contributed by atoms with Gasteiger partial charge in [0.1, 0.15) is 5.84 Å². The van der Waals surface area contributed by atoms with Gasteiger partial charge in [-0.2, -0.15) is 4.40 Å². The van der Waals surface area contributed by atoms with Crippen LogP contribution in [0.3, 0.4) is 0 Å². The van der Waals surface area contributed by atoms with Gasteiger partial charge in [0.15, 0.2) is 0 Å². The average Bonchev–Trinajstić information content (AvgIpc) is 2.54. The summed E-state index contributed by atoms with van der Waals surface area (Å²) in [7, 11) is 0. The third-order valence-electron chi connectivity index (χ3n) is 3.53. The minimum absolute atomic E-state index is 1.02. The molecule has 0 N–H and O–H groups in total. The smallest absolute Gasteiger partial charge is 0.148 e. The largest absolute Gasteiger partial charge is 0.331 e. The molecule has 1 aromatic heterocycles. The molecule has 2 aliphatic rings. The van der Waals surface area contributed by atoms with Crippen LogP contribution in [0.15, 0.2) is 59.3 Å². The first-order valence-corrected chi connectivity index (χ1v) is 7.57. The molecule has 4 heteroatoms. The van der Waals surface area contributed by atoms with Crippen LogP contribution in [0.1, 0.15) is 5.56 Å². The van der Waals surface area contributed by atoms with Crippen molar-refractivity contribution < 1.29 is 0 Å². The van der Waals surface area contributed by atoms with Crippen LogP contribution in [-0.2, 0) is 0 Å². The molecule has 0 radical (unpaired) electrons. The fraction of sp³-hybridized carbons (Fsp3) is 0.125. The standard InChI is InChI=1S/C16H13N3S/c1-3-13-11-12(5-6-15(13)17-7-1)14-4-2-8-19-9-10-20-18-16(14)19/h1-8,11H,9-10H2. The summed E-state index contributed by atoms with van der Waals surface area (Å²) in [4.78, 5) is 6.59. The molecule has 0 bridgehead atoms. The van der Waals surface area contributed by atoms with Gasteiger partial charge in [-0.25, -0.2) is 0 Å². The zero-order valence-corrected chi connectivity index (χ0v) is 11.7. The summed E-state index contributed by atoms with van der Waals surface area (Å²) < 4.78 is 4.61. The molecule has 0 atom stereocenters. The van der Waals surface area contributed by atoms with E-state index in [1.54, 1.807) is 11.9 Å². The lowest BCUT2D eigenvalue weighted by Crippen LogP contribution is -2.32. The lowest BCUT2D eigenvalue weighted by atomic mass is 10.00. The highest BCUT2D eigenvalue weighted by Crippen LogP contribution is 2.28. The third kappa shape index (κ3) is 1.93. The molecular formula is C16H13N3S. The van der Waals surface area contributed by atoms with Crippen LogP contribution in [0.4, 0.5) is 0 Å². The van der Waals surface area contributed by atoms with Gasteiger partial charge in [-0.3, -0.25) is 4.98 Å². The summed E-state index contributed by atoms with van der Waals surface area (Å²) in [5.74, 6) is 2.11. The van der Waals surface area contributed by atoms with Gasteiger partial charge < -0.3 is 4.90 Å². The van der Waals surface area contributed by atoms with Gasteiger partial charge in [-0.05, 0) is 47.9 Å². The molecular weight excluding hydrogens is 266 g/mol. The van der Waals surface area contributed by atoms with Crippen molar-refractivity contribution in [3.8, 4) is 0 Å². The summed E-state index contributed by atoms with van der Waals surface area (Å²) >= 11 is 1.64. The molecule has 0 saturated carbocycles. The van der Waals surface area contributed by atoms with Gasteiger partial charge in [-0.1, -0.05) is 12.1 Å². The van der Waals surface area contributed by atoms with E-state index in [9.17, 15) is 0 Å². The van der Waals surface area contributed by atoms with Crippen molar-refractivity contribution >= 4 is 34.3 Å². The van der Waals surface area contributed by atoms with Crippen LogP contribution < -0.4 is 0 Å². The number of amidine groups is 1. The second-order valence-corrected chi connectivity index (χ2v) is 5.62. The Bertz CT molecular complexity index is 761. The van der Waals surface area contributed by atoms with Crippen molar-refractivity contribution in [3.05, 3.63) is 60.4 Å². The highest BCUT2D eigenvalue weighted by Gasteiger charge is 2.21. The fourth-order valence-electron chi connectivity index (χ4n) is 2.54. The molecule has 3 nitrogen and oxygen atoms in total. The van der Waals surface area contributed by atoms with Crippen molar-refractivity contribution in [2.24, 2.45) is 4.40 Å². The molecule has 0 fully saturated rings. The number of aromatic nitrogens is 1. The highest BCUT2D eigenvalue weighted by molar-refractivity contribution is 7.98. The Balaban J connectivity index is 1.83. The average molecular weight is 279 g/mol. The normalized spacial score (nSPS) is 17.7. The number of fused-ring (bicyclic) bond motifs is 2. The van der Waals surface area contributed by atoms with Crippen molar-refractivity contribution in [1.82, 2.24) is 9.88 Å². The van der Waals surface area contributed by atoms with E-state index in [0.29, 0.717) is 0 Å². The quantitative estimate of drug-likeness (QED) is 0.748. The molecule has 0 aliphatic carbocycles. The van der Waals surface area contributed by atoms with Gasteiger partial charge in [0, 0.05) is 35.7 Å². The zero-order valence-electron chi connectivity index (χ0n) is 10.9. The molecule has 2 aromatic rings. The molecule has 20 heavy (non-hydrogen) atoms. The van der Waals surface area contributed by atoms with E-state index >= 15 is 0 Å². The van der Waals surface area contributed by atoms with E-state index in [1.165, 1.54) is 11.1 Å². The summed E-state index contributed by atoms with van der Waals surface area (Å²) in [6, 6.07) is 10.5. The van der Waals surface area contributed by atoms with E-state index in [1.807, 2.05) is 12.3 Å². The van der Waals surface area contributed by atoms with Crippen molar-refractivity contribution in [3.63, 3.8) is 0 Å². The highest BCUT2D eigenvalue weighted by atomic mass is 32.2. The maximum atomic E-state index is 4.61. The summed E-state index contributed by atoms with van der Waals surface area (Å²) in [6.07, 6.45) is 8.16. The van der Waals surface area contributed by atoms with E-state index in [4.69, 9.17) is 0 Å². The Hall–Kier alpha value is -2.07. The Morgan fingerprint density at radius 3 is 3.20 bits per heavy atom. The topological polar surface area (TPSA) is 28.5 Å². The summed E-state index contributed by atoms with van der Waals surface area (Å²) in [6.45, 7) is 1.02. The number of nitrogens with zero attached hydrogens (tertiary/aromatic N) is 3. The first kappa shape index (κ1) is 11.7. The molecule has 4 rings (SSSR count). The number of hydrogen-bond donors (Lipinski definition) is 0. The van der Waals surface area contributed by atoms with Crippen molar-refractivity contribution in [2.75, 3.05) is 12.3 Å². The lowest BCUT2D eigenvalue weighted by molar-refractivity contribution is 0.594. The molecule has 2 aliphatic heterocycles. The van der Waals surface area contributed by atoms with Crippen LogP contribution in [-0.4, -0.2) is 28.0 Å². The van der Waals surface area contributed by atoms with Crippen LogP contribution in [0.2, 0.25) is 0 Å². The predicted octanol–water partition coefficient (Wildman–Crippen LogP) is 3.51. The van der Waals surface area contributed by atoms with Crippen LogP contribution in [0, 0.1) is 0 Å². The monoisotopic (exact) mass is 279 g/mol. The van der Waals surface area contributed by atoms with E-state index in [-0.39, 0.29) is 0 Å². The molecule has 0 unspecified atom stereocenters. The van der Waals surface area contributed by atoms with E-state index in [0.717, 1.165) is 29.0 Å². The first-order valence-electron chi connectivity index (χ1n) is 6.62. The van der Waals surface area contributed by atoms with Crippen molar-refractivity contribution in [2.45, 2.75) is 0 Å². The Kier molecular flexibility index (Phi) is 2.81. The minimum Gasteiger partial charge on any atom is -0.331 e. The summed E-state index contributed by atoms with van der Waals surface area (Å²) in [5, 5.41) is 1.16. The third-order valence-corrected chi connectivity index (χ3v) is 4.20. The number of hydrogen-bond acceptors (Lipinski definition) is 4. The molecule has 0 saturated heterocycles. The van der Waals surface area contributed by atoms with Crippen LogP contribution in [0.25, 0.3) is 16.5 Å². The number of benzene rings is 1. The zero-order chi connectivity index (χ0) is 13.4. The fourth-order valence-corrected chi connectivity index (χ4v) is 3.23. The van der Waals surface area contributed by atoms with Gasteiger partial charge in [-0.15, -0.1) is 0 Å². The number of allylic oxidation sites excluding steroid dienone is 2. The molecule has 1 aromatic carbocycles. The van der Waals surface area contributed by atoms with Crippen LogP contribution >= 0.6 is 11.9 Å². The lowest BCUT2D eigenvalue weighted by Gasteiger charge is -2.29. The van der Waals surface area contributed by atoms with E-state index < -0.39 is 0 Å². The van der Waals surface area contributed by atoms with E-state index in [2.05, 4.69) is 56.9 Å². The number of rotatable bonds is 1. The Morgan fingerprint density at radius 1 is 1.20 bits per heavy atom. The first-order chi connectivity index (χ1) is 9.92. The number of pyridine rings is 1. The molecule has 0 amide bonds.